The van der Waals surface area contributed by atoms with Crippen LogP contribution in [-0.2, 0) is 0 Å². The number of para-hydroxylation sites is 1. The minimum atomic E-state index is -2.05. The average molecular weight is 566 g/mol. The van der Waals surface area contributed by atoms with E-state index in [1.54, 1.807) is 0 Å². The van der Waals surface area contributed by atoms with Crippen molar-refractivity contribution in [2.24, 2.45) is 0 Å². The van der Waals surface area contributed by atoms with Gasteiger partial charge in [-0.3, -0.25) is 9.55 Å². The van der Waals surface area contributed by atoms with Crippen LogP contribution >= 0.6 is 0 Å². The molecule has 42 heavy (non-hydrogen) atoms. The average Bonchev–Trinajstić information content (AvgIpc) is 3.50. The lowest BCUT2D eigenvalue weighted by molar-refractivity contribution is 0.807. The van der Waals surface area contributed by atoms with Crippen LogP contribution in [0.4, 0.5) is 0 Å². The van der Waals surface area contributed by atoms with Gasteiger partial charge in [-0.25, -0.2) is 4.98 Å². The molecule has 0 amide bonds. The van der Waals surface area contributed by atoms with Crippen LogP contribution in [0.5, 0.6) is 0 Å². The Labute approximate surface area is 251 Å². The number of nitrogens with zero attached hydrogens (tertiary/aromatic N) is 3. The fraction of sp³-hybridized carbons (Fsp3) is 0.211. The largest absolute Gasteiger partial charge is 0.299 e. The summed E-state index contributed by atoms with van der Waals surface area (Å²) in [5.74, 6) is 1.82. The van der Waals surface area contributed by atoms with Gasteiger partial charge in [-0.15, -0.1) is 0 Å². The summed E-state index contributed by atoms with van der Waals surface area (Å²) in [6.07, 6.45) is 5.98. The lowest BCUT2D eigenvalue weighted by atomic mass is 9.92. The van der Waals surface area contributed by atoms with Crippen LogP contribution in [-0.4, -0.2) is 22.6 Å². The number of aromatic nitrogens is 3. The van der Waals surface area contributed by atoms with Crippen molar-refractivity contribution in [3.63, 3.8) is 0 Å². The molecule has 0 radical (unpaired) electrons. The van der Waals surface area contributed by atoms with Gasteiger partial charge in [0.05, 0.1) is 11.4 Å². The van der Waals surface area contributed by atoms with Crippen molar-refractivity contribution in [1.29, 1.82) is 0 Å². The van der Waals surface area contributed by atoms with E-state index in [-0.39, 0.29) is 0 Å². The van der Waals surface area contributed by atoms with E-state index in [9.17, 15) is 0 Å². The Bertz CT molecular complexity index is 1850. The molecular weight excluding hydrogens is 527 g/mol. The molecule has 210 valence electrons. The number of rotatable bonds is 7. The molecule has 0 fully saturated rings. The Kier molecular flexibility index (Phi) is 7.42. The molecule has 4 aromatic carbocycles. The summed E-state index contributed by atoms with van der Waals surface area (Å²) in [5.41, 5.74) is 7.34. The van der Waals surface area contributed by atoms with E-state index in [0.29, 0.717) is 11.8 Å². The van der Waals surface area contributed by atoms with Crippen molar-refractivity contribution >= 4 is 29.2 Å². The second kappa shape index (κ2) is 11.2. The summed E-state index contributed by atoms with van der Waals surface area (Å²) in [7, 11) is -2.05. The zero-order valence-electron chi connectivity index (χ0n) is 25.5. The van der Waals surface area contributed by atoms with Gasteiger partial charge in [-0.05, 0) is 34.4 Å². The Balaban J connectivity index is 1.43. The van der Waals surface area contributed by atoms with Crippen molar-refractivity contribution in [3.8, 4) is 28.3 Å². The molecule has 0 aliphatic heterocycles. The zero-order chi connectivity index (χ0) is 29.4. The predicted molar refractivity (Wildman–Crippen MR) is 181 cm³/mol. The molecule has 0 spiro atoms. The first kappa shape index (κ1) is 27.9. The summed E-state index contributed by atoms with van der Waals surface area (Å²) >= 11 is 0. The summed E-state index contributed by atoms with van der Waals surface area (Å²) in [4.78, 5) is 9.72. The maximum Gasteiger partial charge on any atom is 0.144 e. The molecule has 6 rings (SSSR count). The predicted octanol–water partition coefficient (Wildman–Crippen LogP) is 8.82. The van der Waals surface area contributed by atoms with Gasteiger partial charge < -0.3 is 0 Å². The van der Waals surface area contributed by atoms with E-state index in [2.05, 4.69) is 149 Å². The highest BCUT2D eigenvalue weighted by Crippen LogP contribution is 2.34. The van der Waals surface area contributed by atoms with Crippen molar-refractivity contribution in [1.82, 2.24) is 14.5 Å². The number of fused-ring (bicyclic) bond motifs is 1. The number of benzene rings is 4. The zero-order valence-corrected chi connectivity index (χ0v) is 26.5. The Morgan fingerprint density at radius 1 is 0.619 bits per heavy atom. The first-order valence-electron chi connectivity index (χ1n) is 15.0. The van der Waals surface area contributed by atoms with Gasteiger partial charge >= 0.3 is 0 Å². The van der Waals surface area contributed by atoms with Gasteiger partial charge in [0.15, 0.2) is 0 Å². The maximum absolute atomic E-state index is 4.91. The molecule has 6 aromatic rings. The van der Waals surface area contributed by atoms with Crippen molar-refractivity contribution in [2.45, 2.75) is 52.6 Å². The van der Waals surface area contributed by atoms with Crippen LogP contribution in [0.25, 0.3) is 39.1 Å². The van der Waals surface area contributed by atoms with E-state index < -0.39 is 8.07 Å². The second-order valence-electron chi connectivity index (χ2n) is 12.4. The third-order valence-electron chi connectivity index (χ3n) is 8.60. The quantitative estimate of drug-likeness (QED) is 0.181. The highest BCUT2D eigenvalue weighted by Gasteiger charge is 2.28. The second-order valence-corrected chi connectivity index (χ2v) is 16.8. The minimum absolute atomic E-state index is 0.412. The molecule has 2 heterocycles. The number of hydrogen-bond acceptors (Lipinski definition) is 2. The van der Waals surface area contributed by atoms with E-state index in [4.69, 9.17) is 9.97 Å². The van der Waals surface area contributed by atoms with E-state index in [1.807, 2.05) is 12.4 Å². The van der Waals surface area contributed by atoms with E-state index in [0.717, 1.165) is 17.1 Å². The molecule has 2 aromatic heterocycles. The Morgan fingerprint density at radius 2 is 1.24 bits per heavy atom. The van der Waals surface area contributed by atoms with Crippen LogP contribution in [0, 0.1) is 0 Å². The van der Waals surface area contributed by atoms with Crippen LogP contribution in [0.1, 0.15) is 50.7 Å². The van der Waals surface area contributed by atoms with Gasteiger partial charge in [0.2, 0.25) is 0 Å². The number of imidazole rings is 1. The molecule has 0 aliphatic rings. The smallest absolute Gasteiger partial charge is 0.144 e. The lowest BCUT2D eigenvalue weighted by Crippen LogP contribution is -2.52. The summed E-state index contributed by atoms with van der Waals surface area (Å²) in [5, 5.41) is 5.18. The molecule has 0 saturated carbocycles. The summed E-state index contributed by atoms with van der Waals surface area (Å²) in [6.45, 7) is 14.0. The Hall–Kier alpha value is -4.28. The fourth-order valence-corrected chi connectivity index (χ4v) is 8.50. The molecule has 0 atom stereocenters. The first-order valence-corrected chi connectivity index (χ1v) is 18.0. The molecule has 0 bridgehead atoms. The van der Waals surface area contributed by atoms with Gasteiger partial charge in [-0.2, -0.15) is 0 Å². The van der Waals surface area contributed by atoms with Crippen molar-refractivity contribution in [2.75, 3.05) is 0 Å². The molecule has 0 unspecified atom stereocenters. The molecular formula is C38H39N3Si. The van der Waals surface area contributed by atoms with E-state index in [1.165, 1.54) is 43.5 Å². The lowest BCUT2D eigenvalue weighted by Gasteiger charge is -2.25. The van der Waals surface area contributed by atoms with Gasteiger partial charge in [0, 0.05) is 35.1 Å². The molecule has 4 heteroatoms. The van der Waals surface area contributed by atoms with Crippen molar-refractivity contribution < 1.29 is 0 Å². The van der Waals surface area contributed by atoms with E-state index >= 15 is 0 Å². The van der Waals surface area contributed by atoms with Gasteiger partial charge in [0.25, 0.3) is 0 Å². The van der Waals surface area contributed by atoms with Gasteiger partial charge in [0.1, 0.15) is 13.9 Å². The van der Waals surface area contributed by atoms with Gasteiger partial charge in [-0.1, -0.05) is 142 Å². The SMILES string of the molecule is CC(C)c1cccc(C(C)C)c1-n1ccnc1-c1cccc([Si](C)(C)c2cccc(-c3nccc4ccccc34)c2)c1. The first-order chi connectivity index (χ1) is 20.3. The molecule has 3 nitrogen and oxygen atoms in total. The minimum Gasteiger partial charge on any atom is -0.299 e. The third-order valence-corrected chi connectivity index (χ3v) is 12.1. The third kappa shape index (κ3) is 5.01. The van der Waals surface area contributed by atoms with Crippen LogP contribution < -0.4 is 10.4 Å². The van der Waals surface area contributed by atoms with Crippen molar-refractivity contribution in [3.05, 3.63) is 127 Å². The highest BCUT2D eigenvalue weighted by molar-refractivity contribution is 7.00. The Morgan fingerprint density at radius 3 is 1.93 bits per heavy atom. The summed E-state index contributed by atoms with van der Waals surface area (Å²) in [6, 6.07) is 35.4. The normalized spacial score (nSPS) is 12.0. The fourth-order valence-electron chi connectivity index (χ4n) is 6.11. The highest BCUT2D eigenvalue weighted by atomic mass is 28.3. The maximum atomic E-state index is 4.91. The van der Waals surface area contributed by atoms with Crippen LogP contribution in [0.15, 0.2) is 116 Å². The molecule has 0 N–H and O–H groups in total. The monoisotopic (exact) mass is 565 g/mol. The number of hydrogen-bond donors (Lipinski definition) is 0. The topological polar surface area (TPSA) is 30.7 Å². The number of pyridine rings is 1. The molecule has 0 saturated heterocycles. The molecule has 0 aliphatic carbocycles. The van der Waals surface area contributed by atoms with Crippen LogP contribution in [0.3, 0.4) is 0 Å². The summed E-state index contributed by atoms with van der Waals surface area (Å²) < 4.78 is 2.31. The van der Waals surface area contributed by atoms with Crippen LogP contribution in [0.2, 0.25) is 13.1 Å². The standard InChI is InChI=1S/C38H39N3Si/c1-26(2)33-18-11-19-34(27(3)4)37(33)41-23-22-40-38(41)30-14-10-16-32(25-30)42(5,6)31-15-9-13-29(24-31)36-35-17-8-7-12-28(35)20-21-39-36/h7-27H,1-6H3.